The molecular formula is C4H4LiN. The zero-order valence-corrected chi connectivity index (χ0v) is 3.73. The summed E-state index contributed by atoms with van der Waals surface area (Å²) >= 11 is 0. The number of aromatic amines is 1. The van der Waals surface area contributed by atoms with Crippen LogP contribution in [0, 0.1) is 6.20 Å². The number of aromatic nitrogens is 1. The number of nitrogens with one attached hydrogen (secondary N) is 1. The molecule has 1 nitrogen and oxygen atoms in total. The van der Waals surface area contributed by atoms with E-state index < -0.39 is 0 Å². The summed E-state index contributed by atoms with van der Waals surface area (Å²) in [5.41, 5.74) is 0. The Hall–Kier alpha value is -0.123. The molecule has 1 rings (SSSR count). The van der Waals surface area contributed by atoms with Crippen molar-refractivity contribution in [3.63, 3.8) is 0 Å². The second-order valence-corrected chi connectivity index (χ2v) is 0.814. The summed E-state index contributed by atoms with van der Waals surface area (Å²) in [6.45, 7) is 0. The predicted octanol–water partition coefficient (Wildman–Crippen LogP) is -2.18. The summed E-state index contributed by atoms with van der Waals surface area (Å²) in [4.78, 5) is 2.74. The Bertz CT molecular complexity index is 64.0. The molecule has 0 atom stereocenters. The molecule has 6 heavy (non-hydrogen) atoms. The van der Waals surface area contributed by atoms with Crippen LogP contribution in [-0.2, 0) is 0 Å². The summed E-state index contributed by atoms with van der Waals surface area (Å²) in [5.74, 6) is 0. The molecule has 0 fully saturated rings. The molecule has 0 saturated carbocycles. The first kappa shape index (κ1) is 5.88. The van der Waals surface area contributed by atoms with Gasteiger partial charge in [-0.25, -0.2) is 0 Å². The van der Waals surface area contributed by atoms with E-state index in [2.05, 4.69) is 11.2 Å². The van der Waals surface area contributed by atoms with Gasteiger partial charge in [-0.1, -0.05) is 0 Å². The molecule has 0 aliphatic rings. The summed E-state index contributed by atoms with van der Waals surface area (Å²) in [5, 5.41) is 0. The maximum atomic E-state index is 2.74. The van der Waals surface area contributed by atoms with Crippen LogP contribution in [-0.4, -0.2) is 4.98 Å². The zero-order valence-electron chi connectivity index (χ0n) is 3.73. The van der Waals surface area contributed by atoms with E-state index in [1.807, 2.05) is 18.3 Å². The summed E-state index contributed by atoms with van der Waals surface area (Å²) in [6.07, 6.45) is 4.56. The van der Waals surface area contributed by atoms with Crippen LogP contribution in [0.4, 0.5) is 0 Å². The van der Waals surface area contributed by atoms with Gasteiger partial charge in [-0.2, -0.15) is 18.3 Å². The molecule has 1 aromatic rings. The molecule has 0 radical (unpaired) electrons. The van der Waals surface area contributed by atoms with Crippen molar-refractivity contribution in [1.82, 2.24) is 4.98 Å². The van der Waals surface area contributed by atoms with Gasteiger partial charge in [0.2, 0.25) is 0 Å². The minimum Gasteiger partial charge on any atom is -0.484 e. The molecule has 0 aliphatic carbocycles. The van der Waals surface area contributed by atoms with Crippen molar-refractivity contribution < 1.29 is 18.9 Å². The number of H-pyrrole nitrogens is 1. The summed E-state index contributed by atoms with van der Waals surface area (Å²) < 4.78 is 0. The maximum absolute atomic E-state index is 2.74. The molecule has 2 heteroatoms. The SMILES string of the molecule is [Li+].[c-]1ccc[nH]1. The Kier molecular flexibility index (Phi) is 3.02. The predicted molar refractivity (Wildman–Crippen MR) is 19.6 cm³/mol. The second-order valence-electron chi connectivity index (χ2n) is 0.814. The number of rotatable bonds is 0. The Morgan fingerprint density at radius 1 is 1.50 bits per heavy atom. The van der Waals surface area contributed by atoms with E-state index >= 15 is 0 Å². The van der Waals surface area contributed by atoms with Crippen molar-refractivity contribution >= 4 is 0 Å². The van der Waals surface area contributed by atoms with Crippen molar-refractivity contribution in [3.8, 4) is 0 Å². The Balaban J connectivity index is 0.000000250. The van der Waals surface area contributed by atoms with E-state index in [0.717, 1.165) is 0 Å². The van der Waals surface area contributed by atoms with Crippen molar-refractivity contribution in [2.45, 2.75) is 0 Å². The second kappa shape index (κ2) is 3.08. The van der Waals surface area contributed by atoms with E-state index in [4.69, 9.17) is 0 Å². The van der Waals surface area contributed by atoms with Gasteiger partial charge < -0.3 is 4.98 Å². The molecule has 0 aromatic carbocycles. The van der Waals surface area contributed by atoms with Gasteiger partial charge in [-0.3, -0.25) is 0 Å². The first-order valence-electron chi connectivity index (χ1n) is 1.49. The fraction of sp³-hybridized carbons (Fsp3) is 0. The Morgan fingerprint density at radius 2 is 2.33 bits per heavy atom. The third-order valence-electron chi connectivity index (χ3n) is 0.442. The zero-order chi connectivity index (χ0) is 3.54. The van der Waals surface area contributed by atoms with E-state index in [1.165, 1.54) is 0 Å². The fourth-order valence-electron chi connectivity index (χ4n) is 0.241. The van der Waals surface area contributed by atoms with Crippen molar-refractivity contribution in [3.05, 3.63) is 24.5 Å². The van der Waals surface area contributed by atoms with E-state index in [1.54, 1.807) is 0 Å². The van der Waals surface area contributed by atoms with Crippen LogP contribution in [0.3, 0.4) is 0 Å². The van der Waals surface area contributed by atoms with Crippen molar-refractivity contribution in [2.24, 2.45) is 0 Å². The molecule has 0 saturated heterocycles. The molecule has 26 valence electrons. The normalized spacial score (nSPS) is 6.67. The molecule has 0 aliphatic heterocycles. The van der Waals surface area contributed by atoms with Crippen LogP contribution in [0.25, 0.3) is 0 Å². The number of hydrogen-bond acceptors (Lipinski definition) is 0. The average Bonchev–Trinajstić information content (AvgIpc) is 1.76. The van der Waals surface area contributed by atoms with Gasteiger partial charge in [0.1, 0.15) is 0 Å². The van der Waals surface area contributed by atoms with Gasteiger partial charge in [-0.15, -0.1) is 6.20 Å². The molecular weight excluding hydrogens is 69.0 g/mol. The van der Waals surface area contributed by atoms with Crippen LogP contribution in [0.1, 0.15) is 0 Å². The van der Waals surface area contributed by atoms with E-state index in [9.17, 15) is 0 Å². The van der Waals surface area contributed by atoms with Crippen LogP contribution in [0.2, 0.25) is 0 Å². The molecule has 0 amide bonds. The first-order chi connectivity index (χ1) is 2.50. The Morgan fingerprint density at radius 3 is 2.50 bits per heavy atom. The largest absolute Gasteiger partial charge is 1.00 e. The third-order valence-corrected chi connectivity index (χ3v) is 0.442. The molecule has 1 aromatic heterocycles. The first-order valence-corrected chi connectivity index (χ1v) is 1.49. The molecule has 0 spiro atoms. The van der Waals surface area contributed by atoms with Gasteiger partial charge in [0.25, 0.3) is 0 Å². The Labute approximate surface area is 48.9 Å². The standard InChI is InChI=1S/C4H4N.Li/c1-2-4-5-3-1;/h1-3,5H;/q-1;+1. The minimum absolute atomic E-state index is 0. The monoisotopic (exact) mass is 73.1 g/mol. The quantitative estimate of drug-likeness (QED) is 0.265. The minimum atomic E-state index is 0. The third kappa shape index (κ3) is 1.35. The van der Waals surface area contributed by atoms with Gasteiger partial charge in [-0.05, 0) is 0 Å². The van der Waals surface area contributed by atoms with Crippen LogP contribution in [0.5, 0.6) is 0 Å². The van der Waals surface area contributed by atoms with Crippen LogP contribution < -0.4 is 18.9 Å². The smallest absolute Gasteiger partial charge is 0.484 e. The van der Waals surface area contributed by atoms with Crippen LogP contribution in [0.15, 0.2) is 18.3 Å². The van der Waals surface area contributed by atoms with Crippen molar-refractivity contribution in [2.75, 3.05) is 0 Å². The average molecular weight is 73.0 g/mol. The summed E-state index contributed by atoms with van der Waals surface area (Å²) in [6, 6.07) is 3.71. The topological polar surface area (TPSA) is 15.8 Å². The molecule has 1 N–H and O–H groups in total. The van der Waals surface area contributed by atoms with E-state index in [-0.39, 0.29) is 18.9 Å². The van der Waals surface area contributed by atoms with Gasteiger partial charge >= 0.3 is 18.9 Å². The van der Waals surface area contributed by atoms with Gasteiger partial charge in [0, 0.05) is 0 Å². The molecule has 1 heterocycles. The van der Waals surface area contributed by atoms with Crippen molar-refractivity contribution in [1.29, 1.82) is 0 Å². The maximum Gasteiger partial charge on any atom is 1.00 e. The van der Waals surface area contributed by atoms with Crippen LogP contribution >= 0.6 is 0 Å². The fourth-order valence-corrected chi connectivity index (χ4v) is 0.241. The number of hydrogen-bond donors (Lipinski definition) is 1. The van der Waals surface area contributed by atoms with E-state index in [0.29, 0.717) is 0 Å². The van der Waals surface area contributed by atoms with Gasteiger partial charge in [0.05, 0.1) is 0 Å². The summed E-state index contributed by atoms with van der Waals surface area (Å²) in [7, 11) is 0. The van der Waals surface area contributed by atoms with Gasteiger partial charge in [0.15, 0.2) is 0 Å². The molecule has 0 unspecified atom stereocenters. The molecule has 0 bridgehead atoms.